The summed E-state index contributed by atoms with van der Waals surface area (Å²) in [7, 11) is 0. The van der Waals surface area contributed by atoms with E-state index in [0.29, 0.717) is 55.3 Å². The molecule has 8 atom stereocenters. The van der Waals surface area contributed by atoms with Crippen molar-refractivity contribution in [3.05, 3.63) is 11.6 Å². The van der Waals surface area contributed by atoms with Crippen LogP contribution in [0.4, 0.5) is 4.79 Å². The molecule has 0 bridgehead atoms. The molecule has 3 saturated carbocycles. The minimum absolute atomic E-state index is 0.133. The zero-order valence-electron chi connectivity index (χ0n) is 22.2. The molecule has 5 rings (SSSR count). The van der Waals surface area contributed by atoms with Crippen molar-refractivity contribution in [1.29, 1.82) is 0 Å². The van der Waals surface area contributed by atoms with Gasteiger partial charge in [-0.15, -0.1) is 0 Å². The highest BCUT2D eigenvalue weighted by Gasteiger charge is 2.59. The summed E-state index contributed by atoms with van der Waals surface area (Å²) in [6.45, 7) is 9.80. The number of fused-ring (bicyclic) bond motifs is 5. The average Bonchev–Trinajstić information content (AvgIpc) is 3.20. The van der Waals surface area contributed by atoms with Gasteiger partial charge in [0.1, 0.15) is 0 Å². The van der Waals surface area contributed by atoms with Gasteiger partial charge >= 0.3 is 6.03 Å². The SMILES string of the molecule is C[C@H](CCC(=O)N1CCN(C(N)=O)CC1)[C@H]1CC[C@H]2[C@@H]3CC=C4C[C@@H](O)CC[C@]4(C)[C@H]3CC[C@]12C. The lowest BCUT2D eigenvalue weighted by molar-refractivity contribution is -0.133. The van der Waals surface area contributed by atoms with Gasteiger partial charge in [-0.3, -0.25) is 4.79 Å². The number of carbonyl (C=O) groups is 2. The van der Waals surface area contributed by atoms with E-state index in [1.165, 1.54) is 32.1 Å². The summed E-state index contributed by atoms with van der Waals surface area (Å²) < 4.78 is 0. The van der Waals surface area contributed by atoms with Crippen LogP contribution in [0.3, 0.4) is 0 Å². The number of amides is 3. The van der Waals surface area contributed by atoms with Gasteiger partial charge in [-0.05, 0) is 98.2 Å². The highest BCUT2D eigenvalue weighted by Crippen LogP contribution is 2.67. The van der Waals surface area contributed by atoms with E-state index in [-0.39, 0.29) is 18.0 Å². The fourth-order valence-corrected chi connectivity index (χ4v) is 9.50. The van der Waals surface area contributed by atoms with Crippen LogP contribution in [0, 0.1) is 40.4 Å². The first kappa shape index (κ1) is 25.1. The second kappa shape index (κ2) is 9.39. The van der Waals surface area contributed by atoms with E-state index in [1.807, 2.05) is 4.90 Å². The number of allylic oxidation sites excluding steroid dienone is 1. The fourth-order valence-electron chi connectivity index (χ4n) is 9.50. The zero-order chi connectivity index (χ0) is 25.0. The van der Waals surface area contributed by atoms with E-state index in [1.54, 1.807) is 10.5 Å². The maximum Gasteiger partial charge on any atom is 0.314 e. The second-order valence-electron chi connectivity index (χ2n) is 13.1. The number of urea groups is 1. The molecule has 0 unspecified atom stereocenters. The van der Waals surface area contributed by atoms with Gasteiger partial charge in [0.2, 0.25) is 5.91 Å². The molecule has 0 spiro atoms. The van der Waals surface area contributed by atoms with E-state index in [9.17, 15) is 14.7 Å². The van der Waals surface area contributed by atoms with Gasteiger partial charge in [-0.25, -0.2) is 4.79 Å². The van der Waals surface area contributed by atoms with Gasteiger partial charge in [0.05, 0.1) is 6.10 Å². The molecule has 1 saturated heterocycles. The van der Waals surface area contributed by atoms with Gasteiger partial charge in [0, 0.05) is 32.6 Å². The fraction of sp³-hybridized carbons (Fsp3) is 0.862. The van der Waals surface area contributed by atoms with Gasteiger partial charge < -0.3 is 20.6 Å². The Balaban J connectivity index is 1.20. The highest BCUT2D eigenvalue weighted by atomic mass is 16.3. The summed E-state index contributed by atoms with van der Waals surface area (Å²) in [6.07, 6.45) is 13.5. The summed E-state index contributed by atoms with van der Waals surface area (Å²) in [4.78, 5) is 27.8. The highest BCUT2D eigenvalue weighted by molar-refractivity contribution is 5.77. The zero-order valence-corrected chi connectivity index (χ0v) is 22.2. The summed E-state index contributed by atoms with van der Waals surface area (Å²) in [5, 5.41) is 10.3. The Morgan fingerprint density at radius 2 is 1.77 bits per heavy atom. The maximum atomic E-state index is 12.9. The molecule has 3 amide bonds. The number of primary amides is 1. The number of hydrogen-bond acceptors (Lipinski definition) is 3. The number of nitrogens with zero attached hydrogens (tertiary/aromatic N) is 2. The number of carbonyl (C=O) groups excluding carboxylic acids is 2. The summed E-state index contributed by atoms with van der Waals surface area (Å²) in [5.41, 5.74) is 7.63. The number of nitrogens with two attached hydrogens (primary N) is 1. The van der Waals surface area contributed by atoms with Crippen molar-refractivity contribution in [3.8, 4) is 0 Å². The minimum Gasteiger partial charge on any atom is -0.393 e. The lowest BCUT2D eigenvalue weighted by atomic mass is 9.47. The maximum absolute atomic E-state index is 12.9. The Bertz CT molecular complexity index is 865. The van der Waals surface area contributed by atoms with Crippen LogP contribution in [0.2, 0.25) is 0 Å². The third-order valence-corrected chi connectivity index (χ3v) is 11.6. The molecule has 3 N–H and O–H groups in total. The van der Waals surface area contributed by atoms with Crippen molar-refractivity contribution in [2.45, 2.75) is 91.1 Å². The summed E-state index contributed by atoms with van der Waals surface area (Å²) in [6, 6.07) is -0.385. The average molecular weight is 486 g/mol. The van der Waals surface area contributed by atoms with Gasteiger partial charge in [0.15, 0.2) is 0 Å². The normalized spacial score (nSPS) is 41.9. The first-order valence-electron chi connectivity index (χ1n) is 14.3. The van der Waals surface area contributed by atoms with Crippen LogP contribution in [0.15, 0.2) is 11.6 Å². The topological polar surface area (TPSA) is 86.9 Å². The number of hydrogen-bond donors (Lipinski definition) is 2. The van der Waals surface area contributed by atoms with Crippen LogP contribution in [-0.2, 0) is 4.79 Å². The third-order valence-electron chi connectivity index (χ3n) is 11.6. The van der Waals surface area contributed by atoms with Crippen molar-refractivity contribution in [1.82, 2.24) is 9.80 Å². The third kappa shape index (κ3) is 4.32. The molecular weight excluding hydrogens is 438 g/mol. The van der Waals surface area contributed by atoms with E-state index in [2.05, 4.69) is 26.8 Å². The standard InChI is InChI=1S/C29H47N3O3/c1-19(4-9-26(34)31-14-16-32(17-15-31)27(30)35)23-7-8-24-22-6-5-20-18-21(33)10-12-28(20,2)25(22)11-13-29(23,24)3/h5,19,21-25,33H,4,6-18H2,1-3H3,(H2,30,35)/t19-,21+,22+,23-,24+,25+,28+,29-/m1/s1. The molecule has 4 aliphatic carbocycles. The monoisotopic (exact) mass is 485 g/mol. The van der Waals surface area contributed by atoms with E-state index >= 15 is 0 Å². The molecule has 4 fully saturated rings. The molecule has 0 aromatic heterocycles. The van der Waals surface area contributed by atoms with Crippen LogP contribution in [0.25, 0.3) is 0 Å². The number of aliphatic hydroxyl groups excluding tert-OH is 1. The van der Waals surface area contributed by atoms with E-state index in [0.717, 1.165) is 43.4 Å². The molecule has 196 valence electrons. The molecule has 0 aromatic rings. The van der Waals surface area contributed by atoms with Crippen LogP contribution < -0.4 is 5.73 Å². The molecule has 6 heteroatoms. The van der Waals surface area contributed by atoms with Gasteiger partial charge in [0.25, 0.3) is 0 Å². The molecular formula is C29H47N3O3. The number of aliphatic hydroxyl groups is 1. The Morgan fingerprint density at radius 1 is 1.06 bits per heavy atom. The van der Waals surface area contributed by atoms with Gasteiger partial charge in [-0.1, -0.05) is 32.4 Å². The van der Waals surface area contributed by atoms with Crippen molar-refractivity contribution in [3.63, 3.8) is 0 Å². The summed E-state index contributed by atoms with van der Waals surface area (Å²) >= 11 is 0. The molecule has 5 aliphatic rings. The van der Waals surface area contributed by atoms with Crippen LogP contribution in [0.5, 0.6) is 0 Å². The van der Waals surface area contributed by atoms with Crippen molar-refractivity contribution >= 4 is 11.9 Å². The largest absolute Gasteiger partial charge is 0.393 e. The Morgan fingerprint density at radius 3 is 2.49 bits per heavy atom. The molecule has 0 aromatic carbocycles. The number of rotatable bonds is 4. The van der Waals surface area contributed by atoms with E-state index in [4.69, 9.17) is 5.73 Å². The second-order valence-corrected chi connectivity index (χ2v) is 13.1. The van der Waals surface area contributed by atoms with E-state index < -0.39 is 0 Å². The van der Waals surface area contributed by atoms with Crippen molar-refractivity contribution in [2.75, 3.05) is 26.2 Å². The van der Waals surface area contributed by atoms with Gasteiger partial charge in [-0.2, -0.15) is 0 Å². The predicted octanol–water partition coefficient (Wildman–Crippen LogP) is 4.57. The minimum atomic E-state index is -0.385. The number of piperazine rings is 1. The molecule has 1 aliphatic heterocycles. The molecule has 0 radical (unpaired) electrons. The Hall–Kier alpha value is -1.56. The quantitative estimate of drug-likeness (QED) is 0.572. The molecule has 1 heterocycles. The van der Waals surface area contributed by atoms with Crippen molar-refractivity contribution in [2.24, 2.45) is 46.2 Å². The molecule has 6 nitrogen and oxygen atoms in total. The van der Waals surface area contributed by atoms with Crippen molar-refractivity contribution < 1.29 is 14.7 Å². The smallest absolute Gasteiger partial charge is 0.314 e. The predicted molar refractivity (Wildman–Crippen MR) is 137 cm³/mol. The first-order chi connectivity index (χ1) is 16.6. The van der Waals surface area contributed by atoms with Crippen LogP contribution >= 0.6 is 0 Å². The lowest BCUT2D eigenvalue weighted by Crippen LogP contribution is -2.52. The first-order valence-corrected chi connectivity index (χ1v) is 14.3. The lowest BCUT2D eigenvalue weighted by Gasteiger charge is -2.58. The summed E-state index contributed by atoms with van der Waals surface area (Å²) in [5.74, 6) is 3.88. The van der Waals surface area contributed by atoms with Crippen LogP contribution in [0.1, 0.15) is 85.0 Å². The Kier molecular flexibility index (Phi) is 6.73. The van der Waals surface area contributed by atoms with Crippen LogP contribution in [-0.4, -0.2) is 59.1 Å². The Labute approximate surface area is 211 Å². The molecule has 35 heavy (non-hydrogen) atoms.